The Morgan fingerprint density at radius 3 is 2.17 bits per heavy atom. The number of benzene rings is 2. The lowest BCUT2D eigenvalue weighted by Crippen LogP contribution is -2.12. The lowest BCUT2D eigenvalue weighted by molar-refractivity contribution is 0.0499. The highest BCUT2D eigenvalue weighted by Crippen LogP contribution is 2.13. The lowest BCUT2D eigenvalue weighted by Gasteiger charge is -2.07. The second-order valence-electron chi connectivity index (χ2n) is 5.39. The molecule has 0 heterocycles. The molecule has 0 aliphatic rings. The topological polar surface area (TPSA) is 55.4 Å². The third-order valence-electron chi connectivity index (χ3n) is 3.42. The molecule has 2 aromatic rings. The second-order valence-corrected chi connectivity index (χ2v) is 5.39. The molecule has 0 aliphatic heterocycles. The summed E-state index contributed by atoms with van der Waals surface area (Å²) in [5.74, 6) is -0.516. The van der Waals surface area contributed by atoms with Crippen molar-refractivity contribution in [3.05, 3.63) is 65.2 Å². The van der Waals surface area contributed by atoms with Crippen molar-refractivity contribution >= 4 is 17.6 Å². The first kappa shape index (κ1) is 16.7. The van der Waals surface area contributed by atoms with E-state index in [2.05, 4.69) is 5.32 Å². The number of rotatable bonds is 6. The molecule has 2 rings (SSSR count). The smallest absolute Gasteiger partial charge is 0.338 e. The number of nitrogens with one attached hydrogen (secondary N) is 1. The molecular formula is C19H21NO3. The SMILES string of the molecule is CCCCOC(=O)c1ccc(NC(=O)c2ccc(C)cc2)cc1. The van der Waals surface area contributed by atoms with E-state index in [9.17, 15) is 9.59 Å². The number of amides is 1. The molecule has 0 radical (unpaired) electrons. The van der Waals surface area contributed by atoms with Gasteiger partial charge in [-0.05, 0) is 49.7 Å². The fourth-order valence-electron chi connectivity index (χ4n) is 1.99. The van der Waals surface area contributed by atoms with Crippen LogP contribution in [0.1, 0.15) is 46.0 Å². The van der Waals surface area contributed by atoms with Crippen molar-refractivity contribution in [3.63, 3.8) is 0 Å². The average molecular weight is 311 g/mol. The molecule has 2 aromatic carbocycles. The number of hydrogen-bond donors (Lipinski definition) is 1. The zero-order valence-electron chi connectivity index (χ0n) is 13.5. The van der Waals surface area contributed by atoms with Gasteiger partial charge in [0.1, 0.15) is 0 Å². The Balaban J connectivity index is 1.95. The van der Waals surface area contributed by atoms with Crippen molar-refractivity contribution in [2.24, 2.45) is 0 Å². The first-order valence-electron chi connectivity index (χ1n) is 7.75. The summed E-state index contributed by atoms with van der Waals surface area (Å²) in [7, 11) is 0. The molecule has 4 heteroatoms. The van der Waals surface area contributed by atoms with Crippen LogP contribution < -0.4 is 5.32 Å². The van der Waals surface area contributed by atoms with Crippen LogP contribution in [-0.4, -0.2) is 18.5 Å². The number of unbranched alkanes of at least 4 members (excludes halogenated alkanes) is 1. The van der Waals surface area contributed by atoms with E-state index in [-0.39, 0.29) is 11.9 Å². The molecule has 120 valence electrons. The van der Waals surface area contributed by atoms with Crippen LogP contribution in [0.25, 0.3) is 0 Å². The Morgan fingerprint density at radius 1 is 0.957 bits per heavy atom. The molecule has 0 saturated heterocycles. The van der Waals surface area contributed by atoms with Gasteiger partial charge in [-0.2, -0.15) is 0 Å². The summed E-state index contributed by atoms with van der Waals surface area (Å²) in [5, 5.41) is 2.81. The maximum absolute atomic E-state index is 12.1. The number of carbonyl (C=O) groups is 2. The van der Waals surface area contributed by atoms with Crippen LogP contribution in [0, 0.1) is 6.92 Å². The highest BCUT2D eigenvalue weighted by Gasteiger charge is 2.09. The highest BCUT2D eigenvalue weighted by molar-refractivity contribution is 6.04. The van der Waals surface area contributed by atoms with Gasteiger partial charge in [-0.3, -0.25) is 4.79 Å². The Morgan fingerprint density at radius 2 is 1.57 bits per heavy atom. The molecular weight excluding hydrogens is 290 g/mol. The van der Waals surface area contributed by atoms with Crippen molar-refractivity contribution in [2.75, 3.05) is 11.9 Å². The van der Waals surface area contributed by atoms with Crippen LogP contribution in [0.3, 0.4) is 0 Å². The molecule has 0 atom stereocenters. The number of esters is 1. The summed E-state index contributed by atoms with van der Waals surface area (Å²) in [6.45, 7) is 4.45. The Kier molecular flexibility index (Phi) is 5.92. The van der Waals surface area contributed by atoms with Gasteiger partial charge < -0.3 is 10.1 Å². The molecule has 0 aromatic heterocycles. The fourth-order valence-corrected chi connectivity index (χ4v) is 1.99. The van der Waals surface area contributed by atoms with Crippen molar-refractivity contribution in [3.8, 4) is 0 Å². The second kappa shape index (κ2) is 8.13. The van der Waals surface area contributed by atoms with E-state index in [1.54, 1.807) is 36.4 Å². The van der Waals surface area contributed by atoms with Gasteiger partial charge in [0, 0.05) is 11.3 Å². The van der Waals surface area contributed by atoms with E-state index < -0.39 is 0 Å². The van der Waals surface area contributed by atoms with E-state index >= 15 is 0 Å². The number of aryl methyl sites for hydroxylation is 1. The van der Waals surface area contributed by atoms with Gasteiger partial charge in [-0.15, -0.1) is 0 Å². The minimum absolute atomic E-state index is 0.178. The summed E-state index contributed by atoms with van der Waals surface area (Å²) >= 11 is 0. The van der Waals surface area contributed by atoms with Crippen LogP contribution in [0.4, 0.5) is 5.69 Å². The van der Waals surface area contributed by atoms with Crippen molar-refractivity contribution in [1.82, 2.24) is 0 Å². The predicted octanol–water partition coefficient (Wildman–Crippen LogP) is 4.20. The molecule has 0 fully saturated rings. The molecule has 1 N–H and O–H groups in total. The van der Waals surface area contributed by atoms with E-state index in [0.717, 1.165) is 18.4 Å². The molecule has 1 amide bonds. The Hall–Kier alpha value is -2.62. The number of carbonyl (C=O) groups excluding carboxylic acids is 2. The molecule has 4 nitrogen and oxygen atoms in total. The van der Waals surface area contributed by atoms with E-state index in [0.29, 0.717) is 23.4 Å². The van der Waals surface area contributed by atoms with Gasteiger partial charge in [0.15, 0.2) is 0 Å². The maximum Gasteiger partial charge on any atom is 0.338 e. The molecule has 23 heavy (non-hydrogen) atoms. The molecule has 0 unspecified atom stereocenters. The van der Waals surface area contributed by atoms with E-state index in [1.165, 1.54) is 0 Å². The van der Waals surface area contributed by atoms with Gasteiger partial charge in [0.2, 0.25) is 0 Å². The van der Waals surface area contributed by atoms with E-state index in [1.807, 2.05) is 26.0 Å². The van der Waals surface area contributed by atoms with Crippen LogP contribution in [0.2, 0.25) is 0 Å². The van der Waals surface area contributed by atoms with Crippen LogP contribution in [-0.2, 0) is 4.74 Å². The standard InChI is InChI=1S/C19H21NO3/c1-3-4-13-23-19(22)16-9-11-17(12-10-16)20-18(21)15-7-5-14(2)6-8-15/h5-12H,3-4,13H2,1-2H3,(H,20,21). The number of anilines is 1. The van der Waals surface area contributed by atoms with Gasteiger partial charge in [-0.1, -0.05) is 31.0 Å². The van der Waals surface area contributed by atoms with Crippen LogP contribution in [0.15, 0.2) is 48.5 Å². The maximum atomic E-state index is 12.1. The molecule has 0 spiro atoms. The average Bonchev–Trinajstić information content (AvgIpc) is 2.56. The molecule has 0 saturated carbocycles. The summed E-state index contributed by atoms with van der Waals surface area (Å²) in [6.07, 6.45) is 1.84. The minimum Gasteiger partial charge on any atom is -0.462 e. The number of ether oxygens (including phenoxy) is 1. The summed E-state index contributed by atoms with van der Waals surface area (Å²) in [5.41, 5.74) is 2.82. The minimum atomic E-state index is -0.338. The number of hydrogen-bond acceptors (Lipinski definition) is 3. The highest BCUT2D eigenvalue weighted by atomic mass is 16.5. The van der Waals surface area contributed by atoms with Crippen molar-refractivity contribution in [1.29, 1.82) is 0 Å². The third kappa shape index (κ3) is 4.95. The van der Waals surface area contributed by atoms with Crippen LogP contribution in [0.5, 0.6) is 0 Å². The quantitative estimate of drug-likeness (QED) is 0.642. The molecule has 0 aliphatic carbocycles. The predicted molar refractivity (Wildman–Crippen MR) is 90.8 cm³/mol. The van der Waals surface area contributed by atoms with Gasteiger partial charge in [0.25, 0.3) is 5.91 Å². The fraction of sp³-hybridized carbons (Fsp3) is 0.263. The molecule has 0 bridgehead atoms. The summed E-state index contributed by atoms with van der Waals surface area (Å²) in [4.78, 5) is 23.9. The largest absolute Gasteiger partial charge is 0.462 e. The monoisotopic (exact) mass is 311 g/mol. The summed E-state index contributed by atoms with van der Waals surface area (Å²) in [6, 6.07) is 14.0. The first-order valence-corrected chi connectivity index (χ1v) is 7.75. The Labute approximate surface area is 136 Å². The van der Waals surface area contributed by atoms with Gasteiger partial charge in [-0.25, -0.2) is 4.79 Å². The van der Waals surface area contributed by atoms with Crippen LogP contribution >= 0.6 is 0 Å². The zero-order chi connectivity index (χ0) is 16.7. The van der Waals surface area contributed by atoms with Gasteiger partial charge in [0.05, 0.1) is 12.2 Å². The van der Waals surface area contributed by atoms with Crippen molar-refractivity contribution in [2.45, 2.75) is 26.7 Å². The van der Waals surface area contributed by atoms with E-state index in [4.69, 9.17) is 4.74 Å². The zero-order valence-corrected chi connectivity index (χ0v) is 13.5. The normalized spacial score (nSPS) is 10.2. The Bertz CT molecular complexity index is 660. The van der Waals surface area contributed by atoms with Gasteiger partial charge >= 0.3 is 5.97 Å². The first-order chi connectivity index (χ1) is 11.1. The lowest BCUT2D eigenvalue weighted by atomic mass is 10.1. The summed E-state index contributed by atoms with van der Waals surface area (Å²) < 4.78 is 5.14. The third-order valence-corrected chi connectivity index (χ3v) is 3.42. The van der Waals surface area contributed by atoms with Crippen molar-refractivity contribution < 1.29 is 14.3 Å².